The Hall–Kier alpha value is -2.11. The minimum atomic E-state index is -0.669. The van der Waals surface area contributed by atoms with E-state index in [2.05, 4.69) is 0 Å². The van der Waals surface area contributed by atoms with Crippen molar-refractivity contribution in [2.75, 3.05) is 6.61 Å². The van der Waals surface area contributed by atoms with Crippen LogP contribution in [0.5, 0.6) is 5.75 Å². The second kappa shape index (κ2) is 6.00. The smallest absolute Gasteiger partial charge is 0.314 e. The summed E-state index contributed by atoms with van der Waals surface area (Å²) in [5.41, 5.74) is 5.54. The van der Waals surface area contributed by atoms with E-state index in [1.54, 1.807) is 6.92 Å². The zero-order valence-electron chi connectivity index (χ0n) is 10.4. The van der Waals surface area contributed by atoms with Crippen LogP contribution in [0.15, 0.2) is 12.1 Å². The van der Waals surface area contributed by atoms with Gasteiger partial charge < -0.3 is 10.5 Å². The van der Waals surface area contributed by atoms with Crippen molar-refractivity contribution >= 4 is 11.6 Å². The quantitative estimate of drug-likeness (QED) is 0.619. The van der Waals surface area contributed by atoms with Crippen molar-refractivity contribution in [1.82, 2.24) is 0 Å². The highest BCUT2D eigenvalue weighted by atomic mass is 16.6. The second-order valence-corrected chi connectivity index (χ2v) is 3.76. The van der Waals surface area contributed by atoms with Crippen LogP contribution in [0.4, 0.5) is 5.69 Å². The molecule has 1 rings (SSSR count). The Morgan fingerprint density at radius 3 is 2.56 bits per heavy atom. The van der Waals surface area contributed by atoms with Crippen LogP contribution in [0, 0.1) is 10.1 Å². The molecule has 1 amide bonds. The molecule has 0 unspecified atom stereocenters. The van der Waals surface area contributed by atoms with Crippen molar-refractivity contribution in [3.63, 3.8) is 0 Å². The average Bonchev–Trinajstić information content (AvgIpc) is 2.34. The van der Waals surface area contributed by atoms with E-state index in [1.807, 2.05) is 6.92 Å². The summed E-state index contributed by atoms with van der Waals surface area (Å²) in [6.45, 7) is 4.03. The molecule has 1 aromatic rings. The van der Waals surface area contributed by atoms with Gasteiger partial charge in [-0.1, -0.05) is 13.8 Å². The molecule has 0 radical (unpaired) electrons. The van der Waals surface area contributed by atoms with Crippen molar-refractivity contribution in [3.8, 4) is 5.75 Å². The SMILES string of the molecule is CCCOc1ccc(C(N)=O)c(CC)c1[N+](=O)[O-]. The predicted octanol–water partition coefficient (Wildman–Crippen LogP) is 2.04. The van der Waals surface area contributed by atoms with Crippen LogP contribution < -0.4 is 10.5 Å². The molecule has 1 aromatic carbocycles. The molecule has 0 aliphatic carbocycles. The first-order chi connectivity index (χ1) is 8.52. The number of rotatable bonds is 6. The fourth-order valence-corrected chi connectivity index (χ4v) is 1.73. The number of hydrogen-bond acceptors (Lipinski definition) is 4. The largest absolute Gasteiger partial charge is 0.487 e. The molecular weight excluding hydrogens is 236 g/mol. The molecule has 0 spiro atoms. The number of carbonyl (C=O) groups is 1. The first-order valence-electron chi connectivity index (χ1n) is 5.75. The molecule has 0 aliphatic rings. The Morgan fingerprint density at radius 1 is 1.44 bits per heavy atom. The molecule has 0 bridgehead atoms. The van der Waals surface area contributed by atoms with Gasteiger partial charge in [-0.3, -0.25) is 14.9 Å². The molecule has 0 atom stereocenters. The lowest BCUT2D eigenvalue weighted by molar-refractivity contribution is -0.386. The molecule has 0 aliphatic heterocycles. The molecule has 0 aromatic heterocycles. The predicted molar refractivity (Wildman–Crippen MR) is 66.8 cm³/mol. The summed E-state index contributed by atoms with van der Waals surface area (Å²) in [7, 11) is 0. The van der Waals surface area contributed by atoms with E-state index >= 15 is 0 Å². The molecule has 6 nitrogen and oxygen atoms in total. The normalized spacial score (nSPS) is 10.1. The van der Waals surface area contributed by atoms with Gasteiger partial charge in [0.15, 0.2) is 5.75 Å². The fourth-order valence-electron chi connectivity index (χ4n) is 1.73. The number of nitro benzene ring substituents is 1. The zero-order valence-corrected chi connectivity index (χ0v) is 10.4. The Bertz CT molecular complexity index is 471. The maximum absolute atomic E-state index is 11.2. The summed E-state index contributed by atoms with van der Waals surface area (Å²) < 4.78 is 5.33. The number of nitrogens with zero attached hydrogens (tertiary/aromatic N) is 1. The highest BCUT2D eigenvalue weighted by Crippen LogP contribution is 2.33. The van der Waals surface area contributed by atoms with Gasteiger partial charge in [-0.15, -0.1) is 0 Å². The van der Waals surface area contributed by atoms with Crippen LogP contribution in [0.2, 0.25) is 0 Å². The lowest BCUT2D eigenvalue weighted by Gasteiger charge is -2.10. The van der Waals surface area contributed by atoms with E-state index < -0.39 is 10.8 Å². The van der Waals surface area contributed by atoms with Crippen molar-refractivity contribution in [1.29, 1.82) is 0 Å². The third-order valence-electron chi connectivity index (χ3n) is 2.51. The zero-order chi connectivity index (χ0) is 13.7. The summed E-state index contributed by atoms with van der Waals surface area (Å²) >= 11 is 0. The van der Waals surface area contributed by atoms with Crippen molar-refractivity contribution < 1.29 is 14.5 Å². The maximum Gasteiger partial charge on any atom is 0.314 e. The number of hydrogen-bond donors (Lipinski definition) is 1. The highest BCUT2D eigenvalue weighted by Gasteiger charge is 2.24. The van der Waals surface area contributed by atoms with Crippen molar-refractivity contribution in [3.05, 3.63) is 33.4 Å². The first-order valence-corrected chi connectivity index (χ1v) is 5.75. The standard InChI is InChI=1S/C12H16N2O4/c1-3-7-18-10-6-5-9(12(13)15)8(4-2)11(10)14(16)17/h5-6H,3-4,7H2,1-2H3,(H2,13,15). The van der Waals surface area contributed by atoms with Crippen molar-refractivity contribution in [2.24, 2.45) is 5.73 Å². The van der Waals surface area contributed by atoms with E-state index in [0.29, 0.717) is 18.6 Å². The Balaban J connectivity index is 3.38. The Labute approximate surface area is 105 Å². The molecule has 0 saturated carbocycles. The van der Waals surface area contributed by atoms with E-state index in [9.17, 15) is 14.9 Å². The minimum absolute atomic E-state index is 0.165. The minimum Gasteiger partial charge on any atom is -0.487 e. The number of benzene rings is 1. The lowest BCUT2D eigenvalue weighted by atomic mass is 10.0. The molecular formula is C12H16N2O4. The summed E-state index contributed by atoms with van der Waals surface area (Å²) in [6, 6.07) is 2.90. The van der Waals surface area contributed by atoms with Crippen LogP contribution in [0.3, 0.4) is 0 Å². The summed E-state index contributed by atoms with van der Waals surface area (Å²) in [5.74, 6) is -0.485. The topological polar surface area (TPSA) is 95.5 Å². The number of carbonyl (C=O) groups excluding carboxylic acids is 1. The van der Waals surface area contributed by atoms with Gasteiger partial charge in [-0.2, -0.15) is 0 Å². The lowest BCUT2D eigenvalue weighted by Crippen LogP contribution is -2.15. The monoisotopic (exact) mass is 252 g/mol. The van der Waals surface area contributed by atoms with Gasteiger partial charge in [0.05, 0.1) is 11.5 Å². The maximum atomic E-state index is 11.2. The fraction of sp³-hybridized carbons (Fsp3) is 0.417. The van der Waals surface area contributed by atoms with Gasteiger partial charge in [-0.25, -0.2) is 0 Å². The van der Waals surface area contributed by atoms with Crippen LogP contribution in [0.25, 0.3) is 0 Å². The Morgan fingerprint density at radius 2 is 2.11 bits per heavy atom. The number of nitrogens with two attached hydrogens (primary N) is 1. The number of primary amides is 1. The van der Waals surface area contributed by atoms with Gasteiger partial charge in [0.25, 0.3) is 0 Å². The van der Waals surface area contributed by atoms with Crippen LogP contribution in [0.1, 0.15) is 36.2 Å². The van der Waals surface area contributed by atoms with Gasteiger partial charge in [0.1, 0.15) is 0 Å². The van der Waals surface area contributed by atoms with Crippen LogP contribution >= 0.6 is 0 Å². The number of nitro groups is 1. The molecule has 0 heterocycles. The molecule has 98 valence electrons. The van der Waals surface area contributed by atoms with E-state index in [0.717, 1.165) is 6.42 Å². The third kappa shape index (κ3) is 2.77. The Kier molecular flexibility index (Phi) is 4.65. The molecule has 0 fully saturated rings. The molecule has 2 N–H and O–H groups in total. The van der Waals surface area contributed by atoms with Gasteiger partial charge in [-0.05, 0) is 25.0 Å². The van der Waals surface area contributed by atoms with E-state index in [-0.39, 0.29) is 17.0 Å². The van der Waals surface area contributed by atoms with E-state index in [4.69, 9.17) is 10.5 Å². The molecule has 0 saturated heterocycles. The van der Waals surface area contributed by atoms with Crippen LogP contribution in [-0.4, -0.2) is 17.4 Å². The number of amides is 1. The number of ether oxygens (including phenoxy) is 1. The summed E-state index contributed by atoms with van der Waals surface area (Å²) in [5, 5.41) is 11.1. The molecule has 6 heteroatoms. The van der Waals surface area contributed by atoms with Gasteiger partial charge >= 0.3 is 5.69 Å². The first kappa shape index (κ1) is 14.0. The summed E-state index contributed by atoms with van der Waals surface area (Å²) in [6.07, 6.45) is 1.09. The van der Waals surface area contributed by atoms with Crippen LogP contribution in [-0.2, 0) is 6.42 Å². The van der Waals surface area contributed by atoms with Gasteiger partial charge in [0, 0.05) is 11.1 Å². The summed E-state index contributed by atoms with van der Waals surface area (Å²) in [4.78, 5) is 21.8. The average molecular weight is 252 g/mol. The van der Waals surface area contributed by atoms with E-state index in [1.165, 1.54) is 12.1 Å². The van der Waals surface area contributed by atoms with Crippen molar-refractivity contribution in [2.45, 2.75) is 26.7 Å². The highest BCUT2D eigenvalue weighted by molar-refractivity contribution is 5.96. The molecule has 18 heavy (non-hydrogen) atoms. The second-order valence-electron chi connectivity index (χ2n) is 3.76. The van der Waals surface area contributed by atoms with Gasteiger partial charge in [0.2, 0.25) is 5.91 Å². The third-order valence-corrected chi connectivity index (χ3v) is 2.51.